The Morgan fingerprint density at radius 3 is 2.83 bits per heavy atom. The van der Waals surface area contributed by atoms with Gasteiger partial charge in [0.25, 0.3) is 5.91 Å². The number of ether oxygens (including phenoxy) is 2. The smallest absolute Gasteiger partial charge is 0.266 e. The first kappa shape index (κ1) is 22.5. The summed E-state index contributed by atoms with van der Waals surface area (Å²) in [6, 6.07) is 15.7. The number of thiazole rings is 1. The number of anilines is 2. The van der Waals surface area contributed by atoms with Gasteiger partial charge in [-0.05, 0) is 43.7 Å². The molecule has 0 saturated heterocycles. The molecule has 36 heavy (non-hydrogen) atoms. The van der Waals surface area contributed by atoms with Crippen LogP contribution in [0.4, 0.5) is 11.5 Å². The first-order chi connectivity index (χ1) is 17.5. The summed E-state index contributed by atoms with van der Waals surface area (Å²) in [4.78, 5) is 29.7. The lowest BCUT2D eigenvalue weighted by molar-refractivity contribution is 0.0738. The molecule has 0 saturated carbocycles. The topological polar surface area (TPSA) is 89.5 Å². The lowest BCUT2D eigenvalue weighted by Gasteiger charge is -2.29. The quantitative estimate of drug-likeness (QED) is 0.422. The summed E-state index contributed by atoms with van der Waals surface area (Å²) < 4.78 is 12.0. The standard InChI is InChI=1S/C27H25N5O3S/c1-16-6-5-7-18(12-16)31-25-19-13-32(11-10-20(19)28-15-29-25)27(33)24-17(2)30-26(36-24)23-14-34-21-8-3-4-9-22(21)35-23/h3-9,12,15,23H,10-11,13-14H2,1-2H3,(H,28,29,31). The van der Waals surface area contributed by atoms with Crippen molar-refractivity contribution in [3.05, 3.63) is 87.3 Å². The van der Waals surface area contributed by atoms with Crippen molar-refractivity contribution in [2.45, 2.75) is 32.9 Å². The summed E-state index contributed by atoms with van der Waals surface area (Å²) >= 11 is 1.38. The SMILES string of the molecule is Cc1cccc(Nc2ncnc3c2CN(C(=O)c2sc(C4COc5ccccc5O4)nc2C)CC3)c1. The van der Waals surface area contributed by atoms with E-state index in [0.29, 0.717) is 42.4 Å². The second-order valence-corrected chi connectivity index (χ2v) is 9.98. The van der Waals surface area contributed by atoms with Crippen molar-refractivity contribution < 1.29 is 14.3 Å². The second kappa shape index (κ2) is 9.23. The summed E-state index contributed by atoms with van der Waals surface area (Å²) in [6.45, 7) is 5.31. The molecule has 0 fully saturated rings. The van der Waals surface area contributed by atoms with Crippen LogP contribution in [0.1, 0.15) is 43.3 Å². The molecule has 2 aromatic heterocycles. The zero-order chi connectivity index (χ0) is 24.6. The molecule has 2 aliphatic heterocycles. The zero-order valence-electron chi connectivity index (χ0n) is 20.0. The van der Waals surface area contributed by atoms with E-state index in [-0.39, 0.29) is 12.0 Å². The van der Waals surface area contributed by atoms with Crippen molar-refractivity contribution in [2.24, 2.45) is 0 Å². The fraction of sp³-hybridized carbons (Fsp3) is 0.259. The number of rotatable bonds is 4. The van der Waals surface area contributed by atoms with E-state index in [9.17, 15) is 4.79 Å². The molecule has 2 aliphatic rings. The molecule has 4 heterocycles. The van der Waals surface area contributed by atoms with E-state index < -0.39 is 0 Å². The molecule has 0 spiro atoms. The van der Waals surface area contributed by atoms with E-state index >= 15 is 0 Å². The normalized spacial score (nSPS) is 16.4. The maximum absolute atomic E-state index is 13.6. The Bertz CT molecular complexity index is 1450. The Morgan fingerprint density at radius 1 is 1.11 bits per heavy atom. The molecule has 2 aromatic carbocycles. The Labute approximate surface area is 213 Å². The second-order valence-electron chi connectivity index (χ2n) is 8.95. The molecule has 182 valence electrons. The van der Waals surface area contributed by atoms with E-state index in [4.69, 9.17) is 9.47 Å². The van der Waals surface area contributed by atoms with Gasteiger partial charge in [0.2, 0.25) is 0 Å². The number of carbonyl (C=O) groups excluding carboxylic acids is 1. The molecule has 8 nitrogen and oxygen atoms in total. The highest BCUT2D eigenvalue weighted by atomic mass is 32.1. The number of amides is 1. The lowest BCUT2D eigenvalue weighted by atomic mass is 10.1. The average molecular weight is 500 g/mol. The Hall–Kier alpha value is -3.98. The minimum atomic E-state index is -0.342. The van der Waals surface area contributed by atoms with Gasteiger partial charge in [-0.15, -0.1) is 11.3 Å². The van der Waals surface area contributed by atoms with Crippen LogP contribution >= 0.6 is 11.3 Å². The first-order valence-electron chi connectivity index (χ1n) is 11.9. The third-order valence-electron chi connectivity index (χ3n) is 6.36. The van der Waals surface area contributed by atoms with E-state index in [1.165, 1.54) is 11.3 Å². The molecule has 6 rings (SSSR count). The molecule has 1 amide bonds. The van der Waals surface area contributed by atoms with Gasteiger partial charge in [-0.2, -0.15) is 0 Å². The van der Waals surface area contributed by atoms with Crippen LogP contribution in [0.15, 0.2) is 54.9 Å². The van der Waals surface area contributed by atoms with Crippen molar-refractivity contribution in [2.75, 3.05) is 18.5 Å². The van der Waals surface area contributed by atoms with Gasteiger partial charge in [-0.25, -0.2) is 15.0 Å². The fourth-order valence-corrected chi connectivity index (χ4v) is 5.57. The van der Waals surface area contributed by atoms with E-state index in [2.05, 4.69) is 39.3 Å². The van der Waals surface area contributed by atoms with Crippen LogP contribution < -0.4 is 14.8 Å². The maximum Gasteiger partial charge on any atom is 0.266 e. The highest BCUT2D eigenvalue weighted by Crippen LogP contribution is 2.38. The fourth-order valence-electron chi connectivity index (χ4n) is 4.52. The molecular weight excluding hydrogens is 474 g/mol. The highest BCUT2D eigenvalue weighted by Gasteiger charge is 2.31. The Balaban J connectivity index is 1.22. The molecule has 1 N–H and O–H groups in total. The van der Waals surface area contributed by atoms with E-state index in [1.54, 1.807) is 6.33 Å². The van der Waals surface area contributed by atoms with Gasteiger partial charge in [-0.1, -0.05) is 24.3 Å². The van der Waals surface area contributed by atoms with Gasteiger partial charge in [0, 0.05) is 24.2 Å². The van der Waals surface area contributed by atoms with Crippen LogP contribution in [0.2, 0.25) is 0 Å². The first-order valence-corrected chi connectivity index (χ1v) is 12.7. The van der Waals surface area contributed by atoms with Gasteiger partial charge in [0.05, 0.1) is 17.9 Å². The number of fused-ring (bicyclic) bond motifs is 2. The number of benzene rings is 2. The summed E-state index contributed by atoms with van der Waals surface area (Å²) in [6.07, 6.45) is 1.91. The van der Waals surface area contributed by atoms with E-state index in [1.807, 2.05) is 48.2 Å². The highest BCUT2D eigenvalue weighted by molar-refractivity contribution is 7.13. The summed E-state index contributed by atoms with van der Waals surface area (Å²) in [5.41, 5.74) is 4.74. The van der Waals surface area contributed by atoms with Crippen LogP contribution in [0.25, 0.3) is 0 Å². The number of para-hydroxylation sites is 2. The molecule has 0 radical (unpaired) electrons. The number of aryl methyl sites for hydroxylation is 2. The van der Waals surface area contributed by atoms with Crippen LogP contribution in [0.3, 0.4) is 0 Å². The van der Waals surface area contributed by atoms with Crippen molar-refractivity contribution in [3.8, 4) is 11.5 Å². The number of hydrogen-bond acceptors (Lipinski definition) is 8. The third-order valence-corrected chi connectivity index (χ3v) is 7.60. The Morgan fingerprint density at radius 2 is 1.97 bits per heavy atom. The van der Waals surface area contributed by atoms with Gasteiger partial charge >= 0.3 is 0 Å². The lowest BCUT2D eigenvalue weighted by Crippen LogP contribution is -2.36. The van der Waals surface area contributed by atoms with Crippen molar-refractivity contribution >= 4 is 28.7 Å². The van der Waals surface area contributed by atoms with Crippen LogP contribution in [0, 0.1) is 13.8 Å². The van der Waals surface area contributed by atoms with Gasteiger partial charge < -0.3 is 19.7 Å². The minimum Gasteiger partial charge on any atom is -0.485 e. The molecule has 4 aromatic rings. The zero-order valence-corrected chi connectivity index (χ0v) is 20.8. The number of nitrogens with zero attached hydrogens (tertiary/aromatic N) is 4. The van der Waals surface area contributed by atoms with Crippen LogP contribution in [0.5, 0.6) is 11.5 Å². The number of aromatic nitrogens is 3. The monoisotopic (exact) mass is 499 g/mol. The summed E-state index contributed by atoms with van der Waals surface area (Å²) in [5.74, 6) is 2.11. The molecule has 9 heteroatoms. The molecule has 0 aliphatic carbocycles. The Kier molecular flexibility index (Phi) is 5.77. The predicted octanol–water partition coefficient (Wildman–Crippen LogP) is 5.00. The summed E-state index contributed by atoms with van der Waals surface area (Å²) in [5, 5.41) is 4.15. The van der Waals surface area contributed by atoms with Crippen molar-refractivity contribution in [1.82, 2.24) is 19.9 Å². The number of nitrogens with one attached hydrogen (secondary N) is 1. The predicted molar refractivity (Wildman–Crippen MR) is 137 cm³/mol. The molecule has 0 bridgehead atoms. The summed E-state index contributed by atoms with van der Waals surface area (Å²) in [7, 11) is 0. The average Bonchev–Trinajstić information content (AvgIpc) is 3.29. The van der Waals surface area contributed by atoms with Crippen LogP contribution in [-0.2, 0) is 13.0 Å². The third kappa shape index (κ3) is 4.26. The van der Waals surface area contributed by atoms with Gasteiger partial charge in [0.15, 0.2) is 17.6 Å². The van der Waals surface area contributed by atoms with Gasteiger partial charge in [-0.3, -0.25) is 4.79 Å². The number of carbonyl (C=O) groups is 1. The van der Waals surface area contributed by atoms with Gasteiger partial charge in [0.1, 0.15) is 28.6 Å². The van der Waals surface area contributed by atoms with Crippen LogP contribution in [-0.4, -0.2) is 38.9 Å². The molecule has 1 atom stereocenters. The minimum absolute atomic E-state index is 0.0376. The number of hydrogen-bond donors (Lipinski definition) is 1. The van der Waals surface area contributed by atoms with E-state index in [0.717, 1.165) is 39.1 Å². The molecule has 1 unspecified atom stereocenters. The maximum atomic E-state index is 13.6. The molecular formula is C27H25N5O3S. The van der Waals surface area contributed by atoms with Crippen molar-refractivity contribution in [3.63, 3.8) is 0 Å². The largest absolute Gasteiger partial charge is 0.485 e. The van der Waals surface area contributed by atoms with Crippen molar-refractivity contribution in [1.29, 1.82) is 0 Å².